The molecule has 104 valence electrons. The number of imide groups is 1. The summed E-state index contributed by atoms with van der Waals surface area (Å²) in [4.78, 5) is 25.5. The molecular weight excluding hydrogens is 264 g/mol. The smallest absolute Gasteiger partial charge is 0.238 e. The van der Waals surface area contributed by atoms with E-state index >= 15 is 0 Å². The Hall–Kier alpha value is -2.04. The predicted molar refractivity (Wildman–Crippen MR) is 68.8 cm³/mol. The molecule has 1 saturated heterocycles. The Labute approximate surface area is 114 Å². The maximum atomic E-state index is 13.8. The van der Waals surface area contributed by atoms with Gasteiger partial charge in [-0.25, -0.2) is 13.7 Å². The van der Waals surface area contributed by atoms with Gasteiger partial charge in [-0.15, -0.1) is 0 Å². The molecule has 1 heterocycles. The molecule has 0 saturated carbocycles. The van der Waals surface area contributed by atoms with Crippen LogP contribution in [0.25, 0.3) is 0 Å². The van der Waals surface area contributed by atoms with Gasteiger partial charge in [-0.2, -0.15) is 0 Å². The average molecular weight is 277 g/mol. The summed E-state index contributed by atoms with van der Waals surface area (Å²) < 4.78 is 26.7. The summed E-state index contributed by atoms with van der Waals surface area (Å²) >= 11 is 0. The Bertz CT molecular complexity index is 639. The van der Waals surface area contributed by atoms with Gasteiger partial charge in [0.05, 0.1) is 17.5 Å². The van der Waals surface area contributed by atoms with Crippen LogP contribution in [0.1, 0.15) is 19.8 Å². The number of rotatable bonds is 1. The molecule has 1 aromatic carbocycles. The van der Waals surface area contributed by atoms with Gasteiger partial charge < -0.3 is 0 Å². The minimum atomic E-state index is -0.893. The van der Waals surface area contributed by atoms with Gasteiger partial charge in [-0.05, 0) is 31.9 Å². The number of carbonyl (C=O) groups is 2. The van der Waals surface area contributed by atoms with Gasteiger partial charge in [0.15, 0.2) is 0 Å². The number of carbonyl (C=O) groups excluding carboxylic acids is 2. The lowest BCUT2D eigenvalue weighted by molar-refractivity contribution is -0.122. The summed E-state index contributed by atoms with van der Waals surface area (Å²) in [7, 11) is 0. The zero-order valence-electron chi connectivity index (χ0n) is 10.9. The lowest BCUT2D eigenvalue weighted by Gasteiger charge is -2.18. The summed E-state index contributed by atoms with van der Waals surface area (Å²) in [6.07, 6.45) is 2.96. The van der Waals surface area contributed by atoms with Gasteiger partial charge in [-0.3, -0.25) is 9.59 Å². The van der Waals surface area contributed by atoms with E-state index < -0.39 is 35.3 Å². The largest absolute Gasteiger partial charge is 0.274 e. The van der Waals surface area contributed by atoms with Crippen LogP contribution in [0.4, 0.5) is 14.5 Å². The van der Waals surface area contributed by atoms with Crippen LogP contribution in [0, 0.1) is 23.5 Å². The number of hydrogen-bond acceptors (Lipinski definition) is 2. The summed E-state index contributed by atoms with van der Waals surface area (Å²) in [5.74, 6) is -3.25. The van der Waals surface area contributed by atoms with Crippen molar-refractivity contribution < 1.29 is 18.4 Å². The number of nitrogens with zero attached hydrogens (tertiary/aromatic N) is 1. The first kappa shape index (κ1) is 13.0. The molecule has 3 nitrogen and oxygen atoms in total. The zero-order valence-corrected chi connectivity index (χ0v) is 10.9. The summed E-state index contributed by atoms with van der Waals surface area (Å²) in [6, 6.07) is 2.86. The molecule has 1 aromatic rings. The van der Waals surface area contributed by atoms with Crippen molar-refractivity contribution in [3.8, 4) is 0 Å². The number of halogens is 2. The molecule has 2 atom stereocenters. The van der Waals surface area contributed by atoms with Crippen molar-refractivity contribution in [2.24, 2.45) is 11.8 Å². The fourth-order valence-electron chi connectivity index (χ4n) is 2.94. The van der Waals surface area contributed by atoms with Gasteiger partial charge in [0, 0.05) is 6.07 Å². The third kappa shape index (κ3) is 1.85. The molecular formula is C15H13F2NO2. The van der Waals surface area contributed by atoms with E-state index in [-0.39, 0.29) is 5.69 Å². The van der Waals surface area contributed by atoms with E-state index in [1.165, 1.54) is 0 Å². The molecule has 0 unspecified atom stereocenters. The van der Waals surface area contributed by atoms with Crippen molar-refractivity contribution in [2.45, 2.75) is 19.8 Å². The number of anilines is 1. The second-order valence-corrected chi connectivity index (χ2v) is 5.31. The monoisotopic (exact) mass is 277 g/mol. The Morgan fingerprint density at radius 2 is 1.85 bits per heavy atom. The van der Waals surface area contributed by atoms with E-state index in [2.05, 4.69) is 0 Å². The van der Waals surface area contributed by atoms with Gasteiger partial charge in [0.25, 0.3) is 0 Å². The van der Waals surface area contributed by atoms with Crippen molar-refractivity contribution in [1.29, 1.82) is 0 Å². The van der Waals surface area contributed by atoms with Gasteiger partial charge in [-0.1, -0.05) is 11.6 Å². The molecule has 1 aliphatic carbocycles. The van der Waals surface area contributed by atoms with Crippen molar-refractivity contribution in [3.05, 3.63) is 41.5 Å². The number of benzene rings is 1. The Kier molecular flexibility index (Phi) is 2.92. The molecule has 1 fully saturated rings. The first-order chi connectivity index (χ1) is 9.49. The molecule has 0 aromatic heterocycles. The minimum Gasteiger partial charge on any atom is -0.274 e. The van der Waals surface area contributed by atoms with Crippen molar-refractivity contribution in [2.75, 3.05) is 4.90 Å². The van der Waals surface area contributed by atoms with E-state index in [9.17, 15) is 18.4 Å². The lowest BCUT2D eigenvalue weighted by atomic mass is 9.82. The lowest BCUT2D eigenvalue weighted by Crippen LogP contribution is -2.31. The van der Waals surface area contributed by atoms with Crippen LogP contribution in [0.3, 0.4) is 0 Å². The van der Waals surface area contributed by atoms with Crippen molar-refractivity contribution in [1.82, 2.24) is 0 Å². The highest BCUT2D eigenvalue weighted by atomic mass is 19.1. The minimum absolute atomic E-state index is 0.159. The molecule has 0 bridgehead atoms. The molecule has 2 aliphatic rings. The van der Waals surface area contributed by atoms with Crippen LogP contribution < -0.4 is 4.90 Å². The quantitative estimate of drug-likeness (QED) is 0.584. The standard InChI is InChI=1S/C15H13F2NO2/c1-8-2-4-10-11(6-8)15(20)18(14(10)19)13-5-3-9(16)7-12(13)17/h2-3,5,7,10-11H,4,6H2,1H3/t10-,11+/m1/s1. The highest BCUT2D eigenvalue weighted by Crippen LogP contribution is 2.40. The van der Waals surface area contributed by atoms with E-state index in [4.69, 9.17) is 0 Å². The van der Waals surface area contributed by atoms with Gasteiger partial charge in [0.1, 0.15) is 11.6 Å². The molecule has 1 aliphatic heterocycles. The topological polar surface area (TPSA) is 37.4 Å². The SMILES string of the molecule is CC1=CC[C@H]2C(=O)N(c3ccc(F)cc3F)C(=O)[C@H]2C1. The molecule has 0 N–H and O–H groups in total. The number of hydrogen-bond donors (Lipinski definition) is 0. The number of fused-ring (bicyclic) bond motifs is 1. The third-order valence-corrected chi connectivity index (χ3v) is 3.97. The zero-order chi connectivity index (χ0) is 14.4. The highest BCUT2D eigenvalue weighted by molar-refractivity contribution is 6.22. The maximum Gasteiger partial charge on any atom is 0.238 e. The Morgan fingerprint density at radius 3 is 2.55 bits per heavy atom. The maximum absolute atomic E-state index is 13.8. The first-order valence-electron chi connectivity index (χ1n) is 6.47. The summed E-state index contributed by atoms with van der Waals surface area (Å²) in [5.41, 5.74) is 0.905. The van der Waals surface area contributed by atoms with E-state index in [1.807, 2.05) is 13.0 Å². The van der Waals surface area contributed by atoms with E-state index in [0.717, 1.165) is 22.6 Å². The molecule has 0 spiro atoms. The Morgan fingerprint density at radius 1 is 1.15 bits per heavy atom. The molecule has 0 radical (unpaired) electrons. The van der Waals surface area contributed by atoms with Crippen molar-refractivity contribution >= 4 is 17.5 Å². The number of allylic oxidation sites excluding steroid dienone is 2. The molecule has 3 rings (SSSR count). The van der Waals surface area contributed by atoms with Gasteiger partial charge >= 0.3 is 0 Å². The second-order valence-electron chi connectivity index (χ2n) is 5.31. The Balaban J connectivity index is 2.00. The van der Waals surface area contributed by atoms with Crippen LogP contribution in [0.2, 0.25) is 0 Å². The second kappa shape index (κ2) is 4.51. The fourth-order valence-corrected chi connectivity index (χ4v) is 2.94. The molecule has 20 heavy (non-hydrogen) atoms. The molecule has 2 amide bonds. The van der Waals surface area contributed by atoms with Crippen molar-refractivity contribution in [3.63, 3.8) is 0 Å². The number of amides is 2. The van der Waals surface area contributed by atoms with Crippen LogP contribution in [0.5, 0.6) is 0 Å². The van der Waals surface area contributed by atoms with Gasteiger partial charge in [0.2, 0.25) is 11.8 Å². The first-order valence-corrected chi connectivity index (χ1v) is 6.47. The summed E-state index contributed by atoms with van der Waals surface area (Å²) in [6.45, 7) is 1.91. The van der Waals surface area contributed by atoms with E-state index in [0.29, 0.717) is 18.9 Å². The fraction of sp³-hybridized carbons (Fsp3) is 0.333. The van der Waals surface area contributed by atoms with E-state index in [1.54, 1.807) is 0 Å². The third-order valence-electron chi connectivity index (χ3n) is 3.97. The van der Waals surface area contributed by atoms with Crippen LogP contribution >= 0.6 is 0 Å². The average Bonchev–Trinajstić information content (AvgIpc) is 2.63. The molecule has 5 heteroatoms. The van der Waals surface area contributed by atoms with Crippen LogP contribution in [-0.2, 0) is 9.59 Å². The predicted octanol–water partition coefficient (Wildman–Crippen LogP) is 2.81. The summed E-state index contributed by atoms with van der Waals surface area (Å²) in [5, 5.41) is 0. The van der Waals surface area contributed by atoms with Crippen LogP contribution in [0.15, 0.2) is 29.8 Å². The highest BCUT2D eigenvalue weighted by Gasteiger charge is 2.49. The normalized spacial score (nSPS) is 25.8. The van der Waals surface area contributed by atoms with Crippen LogP contribution in [-0.4, -0.2) is 11.8 Å².